The maximum atomic E-state index is 12.2. The van der Waals surface area contributed by atoms with Crippen LogP contribution in [0.3, 0.4) is 0 Å². The Balaban J connectivity index is 2.13. The summed E-state index contributed by atoms with van der Waals surface area (Å²) >= 11 is 11.9. The van der Waals surface area contributed by atoms with Crippen molar-refractivity contribution >= 4 is 29.1 Å². The number of carbonyl (C=O) groups excluding carboxylic acids is 1. The second-order valence-corrected chi connectivity index (χ2v) is 5.28. The molecule has 1 amide bonds. The molecule has 6 heteroatoms. The largest absolute Gasteiger partial charge is 0.336 e. The Bertz CT molecular complexity index is 629. The van der Waals surface area contributed by atoms with Gasteiger partial charge < -0.3 is 4.90 Å². The highest BCUT2D eigenvalue weighted by molar-refractivity contribution is 6.35. The van der Waals surface area contributed by atoms with Gasteiger partial charge in [0, 0.05) is 29.8 Å². The molecule has 0 saturated heterocycles. The van der Waals surface area contributed by atoms with Crippen LogP contribution in [0, 0.1) is 6.92 Å². The molecule has 20 heavy (non-hydrogen) atoms. The number of halogens is 2. The Hall–Kier alpha value is -1.65. The van der Waals surface area contributed by atoms with E-state index < -0.39 is 0 Å². The lowest BCUT2D eigenvalue weighted by Crippen LogP contribution is -2.27. The van der Waals surface area contributed by atoms with Crippen LogP contribution in [0.5, 0.6) is 0 Å². The summed E-state index contributed by atoms with van der Waals surface area (Å²) in [6, 6.07) is 5.20. The van der Waals surface area contributed by atoms with Gasteiger partial charge in [0.25, 0.3) is 5.91 Å². The van der Waals surface area contributed by atoms with Gasteiger partial charge in [-0.1, -0.05) is 29.3 Å². The molecule has 4 nitrogen and oxygen atoms in total. The van der Waals surface area contributed by atoms with Gasteiger partial charge in [0.2, 0.25) is 0 Å². The molecular weight excluding hydrogens is 297 g/mol. The minimum Gasteiger partial charge on any atom is -0.336 e. The van der Waals surface area contributed by atoms with Crippen molar-refractivity contribution in [2.75, 3.05) is 7.05 Å². The van der Waals surface area contributed by atoms with E-state index in [0.29, 0.717) is 22.3 Å². The summed E-state index contributed by atoms with van der Waals surface area (Å²) in [6.07, 6.45) is 3.04. The molecule has 1 heterocycles. The number of amides is 1. The first-order valence-corrected chi connectivity index (χ1v) is 6.71. The van der Waals surface area contributed by atoms with Crippen molar-refractivity contribution in [3.63, 3.8) is 0 Å². The van der Waals surface area contributed by atoms with Gasteiger partial charge in [-0.3, -0.25) is 9.78 Å². The van der Waals surface area contributed by atoms with Crippen LogP contribution in [0.4, 0.5) is 0 Å². The van der Waals surface area contributed by atoms with Crippen LogP contribution < -0.4 is 0 Å². The predicted molar refractivity (Wildman–Crippen MR) is 79.0 cm³/mol. The predicted octanol–water partition coefficient (Wildman–Crippen LogP) is 3.36. The number of aryl methyl sites for hydroxylation is 1. The molecule has 0 saturated carbocycles. The molecule has 0 bridgehead atoms. The van der Waals surface area contributed by atoms with Crippen molar-refractivity contribution in [3.05, 3.63) is 57.6 Å². The molecule has 0 N–H and O–H groups in total. The van der Waals surface area contributed by atoms with Gasteiger partial charge in [0.15, 0.2) is 0 Å². The summed E-state index contributed by atoms with van der Waals surface area (Å²) in [7, 11) is 1.69. The van der Waals surface area contributed by atoms with Gasteiger partial charge in [-0.15, -0.1) is 0 Å². The molecule has 0 aliphatic carbocycles. The molecule has 2 aromatic rings. The first kappa shape index (κ1) is 14.8. The zero-order valence-corrected chi connectivity index (χ0v) is 12.6. The fourth-order valence-electron chi connectivity index (χ4n) is 1.68. The first-order chi connectivity index (χ1) is 9.47. The van der Waals surface area contributed by atoms with Crippen molar-refractivity contribution in [2.45, 2.75) is 13.5 Å². The Labute approximate surface area is 127 Å². The molecule has 0 unspecified atom stereocenters. The highest BCUT2D eigenvalue weighted by atomic mass is 35.5. The van der Waals surface area contributed by atoms with Crippen LogP contribution in [0.1, 0.15) is 21.7 Å². The van der Waals surface area contributed by atoms with Crippen LogP contribution in [0.25, 0.3) is 0 Å². The standard InChI is InChI=1S/C14H13Cl2N3O/c1-9-6-18-13(7-17-9)14(20)19(2)8-10-3-4-11(15)5-12(10)16/h3-7H,8H2,1-2H3. The van der Waals surface area contributed by atoms with Crippen molar-refractivity contribution in [2.24, 2.45) is 0 Å². The van der Waals surface area contributed by atoms with Gasteiger partial charge in [-0.2, -0.15) is 0 Å². The van der Waals surface area contributed by atoms with Gasteiger partial charge in [0.05, 0.1) is 11.9 Å². The number of hydrogen-bond acceptors (Lipinski definition) is 3. The van der Waals surface area contributed by atoms with E-state index in [2.05, 4.69) is 9.97 Å². The minimum atomic E-state index is -0.205. The third kappa shape index (κ3) is 3.46. The Morgan fingerprint density at radius 3 is 2.60 bits per heavy atom. The van der Waals surface area contributed by atoms with Crippen molar-refractivity contribution in [1.82, 2.24) is 14.9 Å². The third-order valence-corrected chi connectivity index (χ3v) is 3.36. The lowest BCUT2D eigenvalue weighted by atomic mass is 10.2. The molecule has 0 fully saturated rings. The normalized spacial score (nSPS) is 10.4. The number of carbonyl (C=O) groups is 1. The van der Waals surface area contributed by atoms with Crippen LogP contribution in [-0.2, 0) is 6.54 Å². The number of hydrogen-bond donors (Lipinski definition) is 0. The quantitative estimate of drug-likeness (QED) is 0.873. The second kappa shape index (κ2) is 6.20. The van der Waals surface area contributed by atoms with Crippen LogP contribution >= 0.6 is 23.2 Å². The Kier molecular flexibility index (Phi) is 4.57. The molecule has 2 rings (SSSR count). The third-order valence-electron chi connectivity index (χ3n) is 2.77. The SMILES string of the molecule is Cc1cnc(C(=O)N(C)Cc2ccc(Cl)cc2Cl)cn1. The van der Waals surface area contributed by atoms with Crippen molar-refractivity contribution in [3.8, 4) is 0 Å². The number of rotatable bonds is 3. The fourth-order valence-corrected chi connectivity index (χ4v) is 2.14. The Morgan fingerprint density at radius 1 is 1.25 bits per heavy atom. The minimum absolute atomic E-state index is 0.205. The topological polar surface area (TPSA) is 46.1 Å². The van der Waals surface area contributed by atoms with Crippen LogP contribution in [-0.4, -0.2) is 27.8 Å². The maximum Gasteiger partial charge on any atom is 0.274 e. The molecule has 1 aromatic heterocycles. The van der Waals surface area contributed by atoms with Gasteiger partial charge >= 0.3 is 0 Å². The van der Waals surface area contributed by atoms with Gasteiger partial charge in [0.1, 0.15) is 5.69 Å². The van der Waals surface area contributed by atoms with Crippen LogP contribution in [0.15, 0.2) is 30.6 Å². The summed E-state index contributed by atoms with van der Waals surface area (Å²) in [6.45, 7) is 2.20. The van der Waals surface area contributed by atoms with E-state index >= 15 is 0 Å². The van der Waals surface area contributed by atoms with Crippen LogP contribution in [0.2, 0.25) is 10.0 Å². The summed E-state index contributed by atoms with van der Waals surface area (Å²) in [5.74, 6) is -0.205. The van der Waals surface area contributed by atoms with E-state index in [1.807, 2.05) is 6.92 Å². The maximum absolute atomic E-state index is 12.2. The zero-order chi connectivity index (χ0) is 14.7. The van der Waals surface area contributed by atoms with E-state index in [0.717, 1.165) is 11.3 Å². The molecule has 0 aliphatic rings. The number of benzene rings is 1. The van der Waals surface area contributed by atoms with E-state index in [-0.39, 0.29) is 5.91 Å². The van der Waals surface area contributed by atoms with Gasteiger partial charge in [-0.05, 0) is 24.6 Å². The van der Waals surface area contributed by atoms with E-state index in [4.69, 9.17) is 23.2 Å². The van der Waals surface area contributed by atoms with E-state index in [1.54, 1.807) is 31.4 Å². The highest BCUT2D eigenvalue weighted by Gasteiger charge is 2.15. The molecular formula is C14H13Cl2N3O. The van der Waals surface area contributed by atoms with Crippen molar-refractivity contribution in [1.29, 1.82) is 0 Å². The highest BCUT2D eigenvalue weighted by Crippen LogP contribution is 2.22. The van der Waals surface area contributed by atoms with E-state index in [1.165, 1.54) is 11.1 Å². The molecule has 1 aromatic carbocycles. The second-order valence-electron chi connectivity index (χ2n) is 4.44. The molecule has 0 spiro atoms. The smallest absolute Gasteiger partial charge is 0.274 e. The summed E-state index contributed by atoms with van der Waals surface area (Å²) in [4.78, 5) is 21.9. The zero-order valence-electron chi connectivity index (χ0n) is 11.1. The van der Waals surface area contributed by atoms with Crippen molar-refractivity contribution < 1.29 is 4.79 Å². The monoisotopic (exact) mass is 309 g/mol. The number of aromatic nitrogens is 2. The number of nitrogens with zero attached hydrogens (tertiary/aromatic N) is 3. The summed E-state index contributed by atoms with van der Waals surface area (Å²) in [5.41, 5.74) is 1.90. The molecule has 0 atom stereocenters. The molecule has 0 aliphatic heterocycles. The molecule has 0 radical (unpaired) electrons. The van der Waals surface area contributed by atoms with E-state index in [9.17, 15) is 4.79 Å². The average molecular weight is 310 g/mol. The van der Waals surface area contributed by atoms with Gasteiger partial charge in [-0.25, -0.2) is 4.98 Å². The first-order valence-electron chi connectivity index (χ1n) is 5.95. The summed E-state index contributed by atoms with van der Waals surface area (Å²) in [5, 5.41) is 1.10. The lowest BCUT2D eigenvalue weighted by Gasteiger charge is -2.17. The molecule has 104 valence electrons. The summed E-state index contributed by atoms with van der Waals surface area (Å²) < 4.78 is 0. The Morgan fingerprint density at radius 2 is 2.00 bits per heavy atom. The lowest BCUT2D eigenvalue weighted by molar-refractivity contribution is 0.0779. The average Bonchev–Trinajstić information content (AvgIpc) is 2.42. The fraction of sp³-hybridized carbons (Fsp3) is 0.214.